The van der Waals surface area contributed by atoms with Crippen molar-refractivity contribution in [2.24, 2.45) is 5.73 Å². The van der Waals surface area contributed by atoms with E-state index in [9.17, 15) is 4.79 Å². The minimum absolute atomic E-state index is 0.0916. The number of nitrogens with two attached hydrogens (primary N) is 1. The van der Waals surface area contributed by atoms with Crippen molar-refractivity contribution < 1.29 is 4.79 Å². The lowest BCUT2D eigenvalue weighted by Crippen LogP contribution is -2.39. The Morgan fingerprint density at radius 3 is 2.81 bits per heavy atom. The fourth-order valence-corrected chi connectivity index (χ4v) is 1.34. The molecule has 84 valence electrons. The van der Waals surface area contributed by atoms with E-state index < -0.39 is 5.91 Å². The molecule has 0 aromatic carbocycles. The second-order valence-corrected chi connectivity index (χ2v) is 3.68. The Labute approximate surface area is 94.5 Å². The summed E-state index contributed by atoms with van der Waals surface area (Å²) in [5.74, 6) is 0.172. The Hall–Kier alpha value is -2.09. The number of amides is 1. The molecule has 0 unspecified atom stereocenters. The second kappa shape index (κ2) is 5.12. The normalized spacial score (nSPS) is 9.88. The summed E-state index contributed by atoms with van der Waals surface area (Å²) in [6, 6.07) is 7.16. The maximum atomic E-state index is 10.9. The Kier molecular flexibility index (Phi) is 3.84. The minimum atomic E-state index is -0.419. The van der Waals surface area contributed by atoms with Crippen LogP contribution in [-0.2, 0) is 4.79 Å². The minimum Gasteiger partial charge on any atom is -0.368 e. The average molecular weight is 218 g/mol. The predicted molar refractivity (Wildman–Crippen MR) is 60.6 cm³/mol. The quantitative estimate of drug-likeness (QED) is 0.804. The molecule has 0 saturated carbocycles. The van der Waals surface area contributed by atoms with E-state index in [0.717, 1.165) is 0 Å². The molecule has 1 amide bonds. The van der Waals surface area contributed by atoms with Gasteiger partial charge in [-0.3, -0.25) is 4.79 Å². The van der Waals surface area contributed by atoms with E-state index in [4.69, 9.17) is 11.0 Å². The van der Waals surface area contributed by atoms with Gasteiger partial charge in [0.25, 0.3) is 0 Å². The molecule has 5 heteroatoms. The van der Waals surface area contributed by atoms with E-state index in [-0.39, 0.29) is 12.6 Å². The maximum absolute atomic E-state index is 10.9. The molecule has 16 heavy (non-hydrogen) atoms. The summed E-state index contributed by atoms with van der Waals surface area (Å²) in [5, 5.41) is 8.74. The van der Waals surface area contributed by atoms with Crippen LogP contribution >= 0.6 is 0 Å². The van der Waals surface area contributed by atoms with Gasteiger partial charge in [-0.25, -0.2) is 4.98 Å². The van der Waals surface area contributed by atoms with Gasteiger partial charge in [-0.2, -0.15) is 5.26 Å². The van der Waals surface area contributed by atoms with Crippen LogP contribution in [0.3, 0.4) is 0 Å². The van der Waals surface area contributed by atoms with Gasteiger partial charge in [-0.05, 0) is 26.0 Å². The standard InChI is InChI=1S/C11H14N4O/c1-8(2)15(7-10(13)16)11-5-3-4-9(6-12)14-11/h3-5,8H,7H2,1-2H3,(H2,13,16). The summed E-state index contributed by atoms with van der Waals surface area (Å²) < 4.78 is 0. The number of carbonyl (C=O) groups excluding carboxylic acids is 1. The molecule has 1 heterocycles. The third kappa shape index (κ3) is 2.95. The van der Waals surface area contributed by atoms with E-state index >= 15 is 0 Å². The summed E-state index contributed by atoms with van der Waals surface area (Å²) >= 11 is 0. The molecule has 0 aliphatic rings. The van der Waals surface area contributed by atoms with Crippen molar-refractivity contribution in [3.63, 3.8) is 0 Å². The maximum Gasteiger partial charge on any atom is 0.237 e. The van der Waals surface area contributed by atoms with Gasteiger partial charge in [0.2, 0.25) is 5.91 Å². The first-order chi connectivity index (χ1) is 7.54. The molecule has 1 aromatic rings. The van der Waals surface area contributed by atoms with E-state index in [1.165, 1.54) is 0 Å². The molecule has 0 atom stereocenters. The van der Waals surface area contributed by atoms with Gasteiger partial charge in [0, 0.05) is 6.04 Å². The topological polar surface area (TPSA) is 83.0 Å². The molecule has 0 radical (unpaired) electrons. The number of nitriles is 1. The van der Waals surface area contributed by atoms with Gasteiger partial charge in [-0.1, -0.05) is 6.07 Å². The zero-order chi connectivity index (χ0) is 12.1. The average Bonchev–Trinajstić information content (AvgIpc) is 2.25. The molecule has 0 aliphatic carbocycles. The summed E-state index contributed by atoms with van der Waals surface area (Å²) in [5.41, 5.74) is 5.49. The molecule has 1 aromatic heterocycles. The highest BCUT2D eigenvalue weighted by Gasteiger charge is 2.14. The van der Waals surface area contributed by atoms with Gasteiger partial charge < -0.3 is 10.6 Å². The first kappa shape index (κ1) is 12.0. The number of hydrogen-bond acceptors (Lipinski definition) is 4. The smallest absolute Gasteiger partial charge is 0.237 e. The third-order valence-corrected chi connectivity index (χ3v) is 2.09. The molecule has 0 saturated heterocycles. The van der Waals surface area contributed by atoms with E-state index in [0.29, 0.717) is 11.5 Å². The van der Waals surface area contributed by atoms with Crippen molar-refractivity contribution >= 4 is 11.7 Å². The largest absolute Gasteiger partial charge is 0.368 e. The summed E-state index contributed by atoms with van der Waals surface area (Å²) in [6.07, 6.45) is 0. The van der Waals surface area contributed by atoms with E-state index in [1.54, 1.807) is 23.1 Å². The van der Waals surface area contributed by atoms with Crippen molar-refractivity contribution in [2.45, 2.75) is 19.9 Å². The molecule has 0 spiro atoms. The Bertz CT molecular complexity index is 422. The van der Waals surface area contributed by atoms with Crippen LogP contribution in [0.15, 0.2) is 18.2 Å². The number of rotatable bonds is 4. The zero-order valence-electron chi connectivity index (χ0n) is 9.34. The Morgan fingerprint density at radius 1 is 1.62 bits per heavy atom. The van der Waals surface area contributed by atoms with Crippen LogP contribution in [0.4, 0.5) is 5.82 Å². The van der Waals surface area contributed by atoms with Crippen molar-refractivity contribution in [2.75, 3.05) is 11.4 Å². The molecule has 0 aliphatic heterocycles. The van der Waals surface area contributed by atoms with Crippen LogP contribution < -0.4 is 10.6 Å². The lowest BCUT2D eigenvalue weighted by molar-refractivity contribution is -0.116. The van der Waals surface area contributed by atoms with Crippen LogP contribution in [0.1, 0.15) is 19.5 Å². The Morgan fingerprint density at radius 2 is 2.31 bits per heavy atom. The highest BCUT2D eigenvalue weighted by atomic mass is 16.1. The number of pyridine rings is 1. The number of carbonyl (C=O) groups is 1. The lowest BCUT2D eigenvalue weighted by Gasteiger charge is -2.26. The fourth-order valence-electron chi connectivity index (χ4n) is 1.34. The van der Waals surface area contributed by atoms with Gasteiger partial charge >= 0.3 is 0 Å². The fraction of sp³-hybridized carbons (Fsp3) is 0.364. The molecular weight excluding hydrogens is 204 g/mol. The monoisotopic (exact) mass is 218 g/mol. The molecule has 2 N–H and O–H groups in total. The number of primary amides is 1. The first-order valence-corrected chi connectivity index (χ1v) is 4.96. The second-order valence-electron chi connectivity index (χ2n) is 3.68. The first-order valence-electron chi connectivity index (χ1n) is 4.96. The van der Waals surface area contributed by atoms with Gasteiger partial charge in [-0.15, -0.1) is 0 Å². The number of aromatic nitrogens is 1. The van der Waals surface area contributed by atoms with E-state index in [2.05, 4.69) is 4.98 Å². The van der Waals surface area contributed by atoms with Crippen molar-refractivity contribution in [1.29, 1.82) is 5.26 Å². The van der Waals surface area contributed by atoms with Crippen molar-refractivity contribution in [3.05, 3.63) is 23.9 Å². The third-order valence-electron chi connectivity index (χ3n) is 2.09. The van der Waals surface area contributed by atoms with E-state index in [1.807, 2.05) is 19.9 Å². The highest BCUT2D eigenvalue weighted by Crippen LogP contribution is 2.13. The molecule has 0 fully saturated rings. The number of hydrogen-bond donors (Lipinski definition) is 1. The van der Waals surface area contributed by atoms with Gasteiger partial charge in [0.1, 0.15) is 17.6 Å². The van der Waals surface area contributed by atoms with Crippen LogP contribution in [0, 0.1) is 11.3 Å². The highest BCUT2D eigenvalue weighted by molar-refractivity contribution is 5.79. The number of nitrogens with zero attached hydrogens (tertiary/aromatic N) is 3. The number of anilines is 1. The van der Waals surface area contributed by atoms with Crippen LogP contribution in [0.5, 0.6) is 0 Å². The molecular formula is C11H14N4O. The SMILES string of the molecule is CC(C)N(CC(N)=O)c1cccc(C#N)n1. The summed E-state index contributed by atoms with van der Waals surface area (Å²) in [6.45, 7) is 3.97. The molecule has 5 nitrogen and oxygen atoms in total. The van der Waals surface area contributed by atoms with Gasteiger partial charge in [0.05, 0.1) is 6.54 Å². The zero-order valence-corrected chi connectivity index (χ0v) is 9.34. The van der Waals surface area contributed by atoms with Crippen LogP contribution in [0.2, 0.25) is 0 Å². The summed E-state index contributed by atoms with van der Waals surface area (Å²) in [4.78, 5) is 16.8. The molecule has 0 bridgehead atoms. The van der Waals surface area contributed by atoms with Crippen molar-refractivity contribution in [3.8, 4) is 6.07 Å². The summed E-state index contributed by atoms with van der Waals surface area (Å²) in [7, 11) is 0. The lowest BCUT2D eigenvalue weighted by atomic mass is 10.3. The van der Waals surface area contributed by atoms with Gasteiger partial charge in [0.15, 0.2) is 0 Å². The van der Waals surface area contributed by atoms with Crippen LogP contribution in [-0.4, -0.2) is 23.5 Å². The van der Waals surface area contributed by atoms with Crippen molar-refractivity contribution in [1.82, 2.24) is 4.98 Å². The Balaban J connectivity index is 3.01. The van der Waals surface area contributed by atoms with Crippen LogP contribution in [0.25, 0.3) is 0 Å². The predicted octanol–water partition coefficient (Wildman–Crippen LogP) is 0.653. The molecule has 1 rings (SSSR count).